The molecule has 0 spiro atoms. The van der Waals surface area contributed by atoms with Gasteiger partial charge in [0, 0.05) is 18.7 Å². The number of carbonyl (C=O) groups excluding carboxylic acids is 1. The van der Waals surface area contributed by atoms with Crippen molar-refractivity contribution in [2.24, 2.45) is 0 Å². The van der Waals surface area contributed by atoms with Gasteiger partial charge in [0.2, 0.25) is 0 Å². The first-order chi connectivity index (χ1) is 12.4. The van der Waals surface area contributed by atoms with Gasteiger partial charge in [-0.15, -0.1) is 0 Å². The monoisotopic (exact) mass is 376 g/mol. The fourth-order valence-electron chi connectivity index (χ4n) is 2.56. The summed E-state index contributed by atoms with van der Waals surface area (Å²) in [4.78, 5) is 22.9. The maximum atomic E-state index is 12.1. The molecule has 0 bridgehead atoms. The fraction of sp³-hybridized carbons (Fsp3) is 0.263. The van der Waals surface area contributed by atoms with E-state index < -0.39 is 5.97 Å². The first-order valence-corrected chi connectivity index (χ1v) is 8.43. The van der Waals surface area contributed by atoms with Crippen LogP contribution in [0, 0.1) is 0 Å². The van der Waals surface area contributed by atoms with Crippen LogP contribution in [-0.4, -0.2) is 30.3 Å². The van der Waals surface area contributed by atoms with Crippen LogP contribution in [0.1, 0.15) is 34.5 Å². The van der Waals surface area contributed by atoms with Crippen LogP contribution in [0.4, 0.5) is 4.79 Å². The lowest BCUT2D eigenvalue weighted by atomic mass is 10.0. The van der Waals surface area contributed by atoms with Crippen molar-refractivity contribution in [1.82, 2.24) is 10.6 Å². The van der Waals surface area contributed by atoms with Crippen molar-refractivity contribution in [1.29, 1.82) is 0 Å². The molecule has 6 nitrogen and oxygen atoms in total. The fourth-order valence-corrected chi connectivity index (χ4v) is 2.69. The van der Waals surface area contributed by atoms with Crippen molar-refractivity contribution in [3.05, 3.63) is 70.2 Å². The third-order valence-corrected chi connectivity index (χ3v) is 4.17. The van der Waals surface area contributed by atoms with E-state index in [1.54, 1.807) is 31.4 Å². The van der Waals surface area contributed by atoms with Gasteiger partial charge in [0.25, 0.3) is 0 Å². The van der Waals surface area contributed by atoms with Gasteiger partial charge in [-0.25, -0.2) is 9.59 Å². The Morgan fingerprint density at radius 2 is 1.73 bits per heavy atom. The average Bonchev–Trinajstić information content (AvgIpc) is 2.62. The number of methoxy groups -OCH3 is 1. The maximum absolute atomic E-state index is 12.1. The molecule has 26 heavy (non-hydrogen) atoms. The lowest BCUT2D eigenvalue weighted by molar-refractivity contribution is 0.0697. The van der Waals surface area contributed by atoms with E-state index >= 15 is 0 Å². The summed E-state index contributed by atoms with van der Waals surface area (Å²) in [7, 11) is 1.58. The number of hydrogen-bond donors (Lipinski definition) is 3. The predicted octanol–water partition coefficient (Wildman–Crippen LogP) is 3.61. The van der Waals surface area contributed by atoms with Crippen molar-refractivity contribution < 1.29 is 19.4 Å². The quantitative estimate of drug-likeness (QED) is 0.688. The van der Waals surface area contributed by atoms with Gasteiger partial charge in [-0.2, -0.15) is 0 Å². The van der Waals surface area contributed by atoms with Crippen molar-refractivity contribution in [3.63, 3.8) is 0 Å². The Labute approximate surface area is 157 Å². The molecule has 2 amide bonds. The van der Waals surface area contributed by atoms with Crippen molar-refractivity contribution in [2.45, 2.75) is 25.6 Å². The second-order valence-electron chi connectivity index (χ2n) is 5.83. The Kier molecular flexibility index (Phi) is 7.00. The lowest BCUT2D eigenvalue weighted by Crippen LogP contribution is -2.43. The Morgan fingerprint density at radius 3 is 2.27 bits per heavy atom. The van der Waals surface area contributed by atoms with E-state index in [1.807, 2.05) is 19.1 Å². The lowest BCUT2D eigenvalue weighted by Gasteiger charge is -2.24. The van der Waals surface area contributed by atoms with Gasteiger partial charge >= 0.3 is 12.0 Å². The van der Waals surface area contributed by atoms with E-state index in [2.05, 4.69) is 10.6 Å². The molecule has 7 heteroatoms. The molecule has 0 aliphatic rings. The Balaban J connectivity index is 1.89. The Morgan fingerprint density at radius 1 is 1.12 bits per heavy atom. The molecule has 0 radical (unpaired) electrons. The zero-order chi connectivity index (χ0) is 19.1. The number of benzene rings is 2. The van der Waals surface area contributed by atoms with Gasteiger partial charge in [-0.05, 0) is 42.3 Å². The summed E-state index contributed by atoms with van der Waals surface area (Å²) >= 11 is 5.90. The van der Waals surface area contributed by atoms with Gasteiger partial charge in [-0.1, -0.05) is 35.9 Å². The number of rotatable bonds is 7. The van der Waals surface area contributed by atoms with Crippen LogP contribution in [0.2, 0.25) is 5.02 Å². The number of carbonyl (C=O) groups is 2. The molecule has 2 aromatic carbocycles. The highest BCUT2D eigenvalue weighted by Crippen LogP contribution is 2.22. The van der Waals surface area contributed by atoms with E-state index in [-0.39, 0.29) is 30.3 Å². The molecule has 2 aromatic rings. The molecule has 0 aliphatic heterocycles. The number of halogens is 1. The van der Waals surface area contributed by atoms with E-state index in [4.69, 9.17) is 21.4 Å². The number of nitrogens with one attached hydrogen (secondary N) is 2. The standard InChI is InChI=1S/C19H21ClN2O4/c1-12(17(26-2)14-7-9-16(20)10-8-14)22-19(25)21-11-13-3-5-15(6-4-13)18(23)24/h3-10,12,17H,11H2,1-2H3,(H,23,24)(H2,21,22,25). The van der Waals surface area contributed by atoms with Crippen molar-refractivity contribution in [3.8, 4) is 0 Å². The first kappa shape index (κ1) is 19.8. The van der Waals surface area contributed by atoms with Crippen molar-refractivity contribution >= 4 is 23.6 Å². The number of carboxylic acid groups (broad SMARTS) is 1. The average molecular weight is 377 g/mol. The van der Waals surface area contributed by atoms with Crippen LogP contribution in [0.3, 0.4) is 0 Å². The van der Waals surface area contributed by atoms with Crippen LogP contribution in [-0.2, 0) is 11.3 Å². The molecule has 2 unspecified atom stereocenters. The summed E-state index contributed by atoms with van der Waals surface area (Å²) in [6.45, 7) is 2.14. The third-order valence-electron chi connectivity index (χ3n) is 3.92. The summed E-state index contributed by atoms with van der Waals surface area (Å²) < 4.78 is 5.50. The molecular formula is C19H21ClN2O4. The van der Waals surface area contributed by atoms with Gasteiger partial charge < -0.3 is 20.5 Å². The highest BCUT2D eigenvalue weighted by atomic mass is 35.5. The molecule has 2 rings (SSSR count). The maximum Gasteiger partial charge on any atom is 0.335 e. The molecule has 3 N–H and O–H groups in total. The van der Waals surface area contributed by atoms with Crippen molar-refractivity contribution in [2.75, 3.05) is 7.11 Å². The van der Waals surface area contributed by atoms with Crippen LogP contribution in [0.15, 0.2) is 48.5 Å². The number of hydrogen-bond acceptors (Lipinski definition) is 3. The smallest absolute Gasteiger partial charge is 0.335 e. The zero-order valence-corrected chi connectivity index (χ0v) is 15.3. The Bertz CT molecular complexity index is 747. The van der Waals surface area contributed by atoms with Crippen LogP contribution >= 0.6 is 11.6 Å². The molecule has 138 valence electrons. The van der Waals surface area contributed by atoms with Gasteiger partial charge in [0.05, 0.1) is 11.6 Å². The zero-order valence-electron chi connectivity index (χ0n) is 14.5. The summed E-state index contributed by atoms with van der Waals surface area (Å²) in [5.41, 5.74) is 1.92. The second kappa shape index (κ2) is 9.22. The predicted molar refractivity (Wildman–Crippen MR) is 99.4 cm³/mol. The summed E-state index contributed by atoms with van der Waals surface area (Å²) in [6, 6.07) is 13.0. The molecule has 0 aromatic heterocycles. The van der Waals surface area contributed by atoms with Crippen LogP contribution in [0.25, 0.3) is 0 Å². The van der Waals surface area contributed by atoms with Gasteiger partial charge in [0.15, 0.2) is 0 Å². The molecule has 2 atom stereocenters. The minimum Gasteiger partial charge on any atom is -0.478 e. The summed E-state index contributed by atoms with van der Waals surface area (Å²) in [6.07, 6.45) is -0.312. The molecular weight excluding hydrogens is 356 g/mol. The molecule has 0 fully saturated rings. The van der Waals surface area contributed by atoms with E-state index in [1.165, 1.54) is 12.1 Å². The number of aromatic carboxylic acids is 1. The first-order valence-electron chi connectivity index (χ1n) is 8.05. The SMILES string of the molecule is COC(c1ccc(Cl)cc1)C(C)NC(=O)NCc1ccc(C(=O)O)cc1. The Hall–Kier alpha value is -2.57. The van der Waals surface area contributed by atoms with Gasteiger partial charge in [0.1, 0.15) is 6.10 Å². The minimum atomic E-state index is -0.983. The normalized spacial score (nSPS) is 12.9. The van der Waals surface area contributed by atoms with Gasteiger partial charge in [-0.3, -0.25) is 0 Å². The molecule has 0 saturated heterocycles. The largest absolute Gasteiger partial charge is 0.478 e. The van der Waals surface area contributed by atoms with E-state index in [0.717, 1.165) is 11.1 Å². The third kappa shape index (κ3) is 5.47. The minimum absolute atomic E-state index is 0.206. The number of urea groups is 1. The summed E-state index contributed by atoms with van der Waals surface area (Å²) in [5.74, 6) is -0.983. The highest BCUT2D eigenvalue weighted by molar-refractivity contribution is 6.30. The second-order valence-corrected chi connectivity index (χ2v) is 6.26. The molecule has 0 saturated carbocycles. The number of amides is 2. The molecule has 0 heterocycles. The van der Waals surface area contributed by atoms with E-state index in [0.29, 0.717) is 5.02 Å². The summed E-state index contributed by atoms with van der Waals surface area (Å²) in [5, 5.41) is 15.1. The number of carboxylic acids is 1. The van der Waals surface area contributed by atoms with E-state index in [9.17, 15) is 9.59 Å². The topological polar surface area (TPSA) is 87.7 Å². The number of ether oxygens (including phenoxy) is 1. The van der Waals surface area contributed by atoms with Crippen LogP contribution < -0.4 is 10.6 Å². The van der Waals surface area contributed by atoms with Crippen LogP contribution in [0.5, 0.6) is 0 Å². The highest BCUT2D eigenvalue weighted by Gasteiger charge is 2.20. The molecule has 0 aliphatic carbocycles.